The first-order valence-corrected chi connectivity index (χ1v) is 7.43. The minimum atomic E-state index is -0.324. The molecule has 0 aromatic heterocycles. The van der Waals surface area contributed by atoms with Gasteiger partial charge in [0.15, 0.2) is 0 Å². The first-order chi connectivity index (χ1) is 10.6. The molecular formula is C17H12BrFN2O. The highest BCUT2D eigenvalue weighted by Gasteiger charge is 2.11. The number of carbonyl (C=O) groups is 1. The van der Waals surface area contributed by atoms with Gasteiger partial charge < -0.3 is 0 Å². The van der Waals surface area contributed by atoms with Crippen molar-refractivity contribution in [3.05, 3.63) is 76.5 Å². The molecule has 110 valence electrons. The molecule has 3 nitrogen and oxygen atoms in total. The van der Waals surface area contributed by atoms with Crippen molar-refractivity contribution in [2.45, 2.75) is 0 Å². The molecule has 22 heavy (non-hydrogen) atoms. The lowest BCUT2D eigenvalue weighted by atomic mass is 10.0. The number of hydrogen-bond acceptors (Lipinski definition) is 2. The van der Waals surface area contributed by atoms with Crippen LogP contribution in [-0.4, -0.2) is 5.91 Å². The van der Waals surface area contributed by atoms with Crippen molar-refractivity contribution in [3.63, 3.8) is 0 Å². The highest BCUT2D eigenvalue weighted by Crippen LogP contribution is 2.24. The monoisotopic (exact) mass is 358 g/mol. The maximum Gasteiger partial charge on any atom is 0.270 e. The molecule has 5 heteroatoms. The number of hydrogen-bond donors (Lipinski definition) is 2. The summed E-state index contributed by atoms with van der Waals surface area (Å²) in [7, 11) is 0. The summed E-state index contributed by atoms with van der Waals surface area (Å²) in [6, 6.07) is 17.1. The van der Waals surface area contributed by atoms with Crippen LogP contribution in [-0.2, 0) is 0 Å². The summed E-state index contributed by atoms with van der Waals surface area (Å²) >= 11 is 3.41. The predicted molar refractivity (Wildman–Crippen MR) is 89.1 cm³/mol. The lowest BCUT2D eigenvalue weighted by Gasteiger charge is -2.11. The van der Waals surface area contributed by atoms with E-state index in [-0.39, 0.29) is 11.7 Å². The van der Waals surface area contributed by atoms with Gasteiger partial charge in [0.25, 0.3) is 5.91 Å². The summed E-state index contributed by atoms with van der Waals surface area (Å²) in [4.78, 5) is 12.4. The first-order valence-electron chi connectivity index (χ1n) is 6.64. The molecule has 0 saturated heterocycles. The number of halogens is 2. The van der Waals surface area contributed by atoms with Gasteiger partial charge in [-0.1, -0.05) is 40.2 Å². The Morgan fingerprint density at radius 2 is 1.73 bits per heavy atom. The van der Waals surface area contributed by atoms with Crippen LogP contribution in [0.3, 0.4) is 0 Å². The van der Waals surface area contributed by atoms with E-state index in [1.54, 1.807) is 18.2 Å². The Balaban J connectivity index is 1.84. The molecule has 3 aromatic rings. The molecule has 0 spiro atoms. The lowest BCUT2D eigenvalue weighted by Crippen LogP contribution is -2.29. The van der Waals surface area contributed by atoms with Gasteiger partial charge in [0, 0.05) is 4.47 Å². The second-order valence-corrected chi connectivity index (χ2v) is 5.68. The van der Waals surface area contributed by atoms with Gasteiger partial charge in [-0.2, -0.15) is 0 Å². The Labute approximate surface area is 135 Å². The zero-order chi connectivity index (χ0) is 15.5. The van der Waals surface area contributed by atoms with E-state index in [0.717, 1.165) is 15.2 Å². The molecule has 0 saturated carbocycles. The average molecular weight is 359 g/mol. The molecular weight excluding hydrogens is 347 g/mol. The maximum absolute atomic E-state index is 12.8. The van der Waals surface area contributed by atoms with Crippen LogP contribution in [0.4, 0.5) is 10.1 Å². The van der Waals surface area contributed by atoms with E-state index < -0.39 is 0 Å². The van der Waals surface area contributed by atoms with E-state index in [9.17, 15) is 9.18 Å². The summed E-state index contributed by atoms with van der Waals surface area (Å²) in [5.41, 5.74) is 6.56. The first kappa shape index (κ1) is 14.5. The van der Waals surface area contributed by atoms with E-state index in [4.69, 9.17) is 0 Å². The minimum Gasteiger partial charge on any atom is -0.298 e. The van der Waals surface area contributed by atoms with E-state index >= 15 is 0 Å². The van der Waals surface area contributed by atoms with Gasteiger partial charge in [-0.3, -0.25) is 15.6 Å². The number of carbonyl (C=O) groups excluding carboxylic acids is 1. The van der Waals surface area contributed by atoms with Crippen LogP contribution in [0.25, 0.3) is 10.8 Å². The largest absolute Gasteiger partial charge is 0.298 e. The quantitative estimate of drug-likeness (QED) is 0.676. The number of hydrazine groups is 1. The van der Waals surface area contributed by atoms with Crippen LogP contribution in [0.5, 0.6) is 0 Å². The molecule has 0 bridgehead atoms. The van der Waals surface area contributed by atoms with Gasteiger partial charge in [-0.15, -0.1) is 0 Å². The van der Waals surface area contributed by atoms with Crippen molar-refractivity contribution >= 4 is 38.3 Å². The van der Waals surface area contributed by atoms with Gasteiger partial charge in [-0.05, 0) is 47.2 Å². The minimum absolute atomic E-state index is 0.262. The van der Waals surface area contributed by atoms with Gasteiger partial charge in [0.2, 0.25) is 0 Å². The third-order valence-corrected chi connectivity index (χ3v) is 3.69. The Morgan fingerprint density at radius 3 is 2.50 bits per heavy atom. The molecule has 0 heterocycles. The summed E-state index contributed by atoms with van der Waals surface area (Å²) in [6.07, 6.45) is 0. The van der Waals surface area contributed by atoms with Gasteiger partial charge >= 0.3 is 0 Å². The summed E-state index contributed by atoms with van der Waals surface area (Å²) < 4.78 is 13.7. The van der Waals surface area contributed by atoms with Crippen LogP contribution < -0.4 is 10.9 Å². The molecule has 0 fully saturated rings. The highest BCUT2D eigenvalue weighted by atomic mass is 79.9. The average Bonchev–Trinajstić information content (AvgIpc) is 2.53. The fraction of sp³-hybridized carbons (Fsp3) is 0. The fourth-order valence-electron chi connectivity index (χ4n) is 2.19. The highest BCUT2D eigenvalue weighted by molar-refractivity contribution is 9.10. The Morgan fingerprint density at radius 1 is 1.00 bits per heavy atom. The zero-order valence-corrected chi connectivity index (χ0v) is 13.0. The summed E-state index contributed by atoms with van der Waals surface area (Å²) in [5.74, 6) is -0.586. The van der Waals surface area contributed by atoms with Crippen molar-refractivity contribution in [2.24, 2.45) is 0 Å². The van der Waals surface area contributed by atoms with Crippen molar-refractivity contribution in [3.8, 4) is 0 Å². The molecule has 0 radical (unpaired) electrons. The number of nitrogens with one attached hydrogen (secondary N) is 2. The van der Waals surface area contributed by atoms with Crippen LogP contribution >= 0.6 is 15.9 Å². The van der Waals surface area contributed by atoms with E-state index in [2.05, 4.69) is 26.8 Å². The number of benzene rings is 3. The molecule has 1 amide bonds. The van der Waals surface area contributed by atoms with E-state index in [0.29, 0.717) is 11.3 Å². The molecule has 0 aliphatic rings. The summed E-state index contributed by atoms with van der Waals surface area (Å²) in [6.45, 7) is 0. The predicted octanol–water partition coefficient (Wildman–Crippen LogP) is 4.50. The SMILES string of the molecule is O=C(NNc1ccc(F)cc1)c1cc(Br)cc2ccccc12. The number of fused-ring (bicyclic) bond motifs is 1. The fourth-order valence-corrected chi connectivity index (χ4v) is 2.67. The second kappa shape index (κ2) is 6.15. The van der Waals surface area contributed by atoms with Crippen molar-refractivity contribution in [2.75, 3.05) is 5.43 Å². The third-order valence-electron chi connectivity index (χ3n) is 3.24. The Kier molecular flexibility index (Phi) is 4.06. The molecule has 3 aromatic carbocycles. The second-order valence-electron chi connectivity index (χ2n) is 4.76. The molecule has 2 N–H and O–H groups in total. The van der Waals surface area contributed by atoms with Gasteiger partial charge in [-0.25, -0.2) is 4.39 Å². The molecule has 0 unspecified atom stereocenters. The van der Waals surface area contributed by atoms with Crippen LogP contribution in [0, 0.1) is 5.82 Å². The van der Waals surface area contributed by atoms with Crippen LogP contribution in [0.15, 0.2) is 65.1 Å². The smallest absolute Gasteiger partial charge is 0.270 e. The van der Waals surface area contributed by atoms with Crippen LogP contribution in [0.2, 0.25) is 0 Å². The molecule has 0 aliphatic carbocycles. The maximum atomic E-state index is 12.8. The number of amides is 1. The summed E-state index contributed by atoms with van der Waals surface area (Å²) in [5, 5.41) is 1.84. The molecule has 0 atom stereocenters. The van der Waals surface area contributed by atoms with Gasteiger partial charge in [0.1, 0.15) is 5.82 Å². The number of anilines is 1. The van der Waals surface area contributed by atoms with E-state index in [1.165, 1.54) is 12.1 Å². The number of rotatable bonds is 3. The Hall–Kier alpha value is -2.40. The topological polar surface area (TPSA) is 41.1 Å². The third kappa shape index (κ3) is 3.09. The lowest BCUT2D eigenvalue weighted by molar-refractivity contribution is 0.0964. The Bertz CT molecular complexity index is 834. The van der Waals surface area contributed by atoms with Gasteiger partial charge in [0.05, 0.1) is 11.3 Å². The standard InChI is InChI=1S/C17H12BrFN2O/c18-12-9-11-3-1-2-4-15(11)16(10-12)17(22)21-20-14-7-5-13(19)6-8-14/h1-10,20H,(H,21,22). The van der Waals surface area contributed by atoms with Crippen LogP contribution in [0.1, 0.15) is 10.4 Å². The van der Waals surface area contributed by atoms with Crippen molar-refractivity contribution < 1.29 is 9.18 Å². The van der Waals surface area contributed by atoms with E-state index in [1.807, 2.05) is 30.3 Å². The zero-order valence-electron chi connectivity index (χ0n) is 11.4. The molecule has 3 rings (SSSR count). The molecule has 0 aliphatic heterocycles. The van der Waals surface area contributed by atoms with Crippen molar-refractivity contribution in [1.29, 1.82) is 0 Å². The normalized spacial score (nSPS) is 10.5. The van der Waals surface area contributed by atoms with Crippen molar-refractivity contribution in [1.82, 2.24) is 5.43 Å².